The summed E-state index contributed by atoms with van der Waals surface area (Å²) in [5.41, 5.74) is 0.787. The fourth-order valence-electron chi connectivity index (χ4n) is 3.15. The summed E-state index contributed by atoms with van der Waals surface area (Å²) in [5.74, 6) is -2.08. The Morgan fingerprint density at radius 3 is 2.86 bits per heavy atom. The maximum atomic E-state index is 14.0. The van der Waals surface area contributed by atoms with Crippen molar-refractivity contribution >= 4 is 50.9 Å². The summed E-state index contributed by atoms with van der Waals surface area (Å²) in [4.78, 5) is 31.7. The van der Waals surface area contributed by atoms with Gasteiger partial charge in [-0.05, 0) is 25.1 Å². The summed E-state index contributed by atoms with van der Waals surface area (Å²) in [6, 6.07) is 9.39. The maximum absolute atomic E-state index is 14.0. The summed E-state index contributed by atoms with van der Waals surface area (Å²) < 4.78 is 32.9. The predicted octanol–water partition coefficient (Wildman–Crippen LogP) is 4.54. The first-order valence-corrected chi connectivity index (χ1v) is 10.6. The van der Waals surface area contributed by atoms with E-state index in [1.807, 2.05) is 24.3 Å². The molecule has 9 heteroatoms. The largest absolute Gasteiger partial charge is 0.466 e. The molecule has 2 aromatic carbocycles. The van der Waals surface area contributed by atoms with Crippen LogP contribution < -0.4 is 4.90 Å². The van der Waals surface area contributed by atoms with Crippen molar-refractivity contribution in [3.8, 4) is 0 Å². The highest BCUT2D eigenvalue weighted by Crippen LogP contribution is 2.41. The Bertz CT molecular complexity index is 1100. The van der Waals surface area contributed by atoms with Gasteiger partial charge in [0.1, 0.15) is 16.3 Å². The van der Waals surface area contributed by atoms with Gasteiger partial charge in [-0.15, -0.1) is 23.1 Å². The molecule has 0 radical (unpaired) electrons. The number of thioether (sulfide) groups is 1. The molecule has 1 amide bonds. The number of carbonyl (C=O) groups is 2. The minimum Gasteiger partial charge on any atom is -0.466 e. The van der Waals surface area contributed by atoms with Crippen molar-refractivity contribution in [3.63, 3.8) is 0 Å². The number of para-hydroxylation sites is 1. The lowest BCUT2D eigenvalue weighted by molar-refractivity contribution is -0.144. The Kier molecular flexibility index (Phi) is 5.51. The molecule has 0 spiro atoms. The first-order chi connectivity index (χ1) is 14.0. The Morgan fingerprint density at radius 2 is 2.07 bits per heavy atom. The monoisotopic (exact) mass is 434 g/mol. The predicted molar refractivity (Wildman–Crippen MR) is 108 cm³/mol. The highest BCUT2D eigenvalue weighted by Gasteiger charge is 2.35. The third-order valence-corrected chi connectivity index (χ3v) is 6.61. The van der Waals surface area contributed by atoms with E-state index in [9.17, 15) is 18.4 Å². The Morgan fingerprint density at radius 1 is 1.28 bits per heavy atom. The molecular weight excluding hydrogens is 418 g/mol. The van der Waals surface area contributed by atoms with Crippen LogP contribution in [-0.4, -0.2) is 28.7 Å². The molecule has 0 N–H and O–H groups in total. The zero-order valence-corrected chi connectivity index (χ0v) is 17.0. The van der Waals surface area contributed by atoms with Gasteiger partial charge in [-0.1, -0.05) is 12.1 Å². The normalized spacial score (nSPS) is 16.2. The van der Waals surface area contributed by atoms with Crippen molar-refractivity contribution < 1.29 is 23.1 Å². The molecule has 3 aromatic rings. The standard InChI is InChI=1S/C20H16F2N2O3S2/c1-2-27-18(25)9-16-20(26)24(13-5-3-4-6-14(13)28-16)10-17-23-19-12(22)7-11(21)8-15(19)29-17/h3-8,16H,2,9-10H2,1H3. The summed E-state index contributed by atoms with van der Waals surface area (Å²) in [6.07, 6.45) is -0.0398. The molecule has 0 fully saturated rings. The quantitative estimate of drug-likeness (QED) is 0.552. The smallest absolute Gasteiger partial charge is 0.307 e. The van der Waals surface area contributed by atoms with Gasteiger partial charge in [0.2, 0.25) is 5.91 Å². The van der Waals surface area contributed by atoms with Gasteiger partial charge in [-0.2, -0.15) is 0 Å². The van der Waals surface area contributed by atoms with Gasteiger partial charge in [-0.25, -0.2) is 13.8 Å². The molecule has 1 aliphatic heterocycles. The molecule has 29 heavy (non-hydrogen) atoms. The van der Waals surface area contributed by atoms with E-state index in [0.29, 0.717) is 15.4 Å². The van der Waals surface area contributed by atoms with Crippen LogP contribution in [0, 0.1) is 11.6 Å². The highest BCUT2D eigenvalue weighted by atomic mass is 32.2. The summed E-state index contributed by atoms with van der Waals surface area (Å²) >= 11 is 2.46. The Hall–Kier alpha value is -2.52. The lowest BCUT2D eigenvalue weighted by Gasteiger charge is -2.32. The number of ether oxygens (including phenoxy) is 1. The van der Waals surface area contributed by atoms with E-state index >= 15 is 0 Å². The SMILES string of the molecule is CCOC(=O)CC1Sc2ccccc2N(Cc2nc3c(F)cc(F)cc3s2)C1=O. The fourth-order valence-corrected chi connectivity index (χ4v) is 5.35. The number of thiazole rings is 1. The van der Waals surface area contributed by atoms with E-state index in [4.69, 9.17) is 4.74 Å². The zero-order chi connectivity index (χ0) is 20.5. The molecule has 4 rings (SSSR count). The number of hydrogen-bond donors (Lipinski definition) is 0. The van der Waals surface area contributed by atoms with Gasteiger partial charge in [0.15, 0.2) is 5.82 Å². The maximum Gasteiger partial charge on any atom is 0.307 e. The van der Waals surface area contributed by atoms with Crippen molar-refractivity contribution in [2.24, 2.45) is 0 Å². The van der Waals surface area contributed by atoms with Crippen LogP contribution in [0.5, 0.6) is 0 Å². The molecule has 5 nitrogen and oxygen atoms in total. The molecule has 1 unspecified atom stereocenters. The van der Waals surface area contributed by atoms with Crippen LogP contribution in [0.1, 0.15) is 18.4 Å². The molecule has 0 saturated heterocycles. The lowest BCUT2D eigenvalue weighted by Crippen LogP contribution is -2.41. The van der Waals surface area contributed by atoms with Crippen molar-refractivity contribution in [2.75, 3.05) is 11.5 Å². The van der Waals surface area contributed by atoms with Crippen molar-refractivity contribution in [3.05, 3.63) is 53.0 Å². The second kappa shape index (κ2) is 8.08. The summed E-state index contributed by atoms with van der Waals surface area (Å²) in [7, 11) is 0. The number of rotatable bonds is 5. The topological polar surface area (TPSA) is 59.5 Å². The molecule has 150 valence electrons. The van der Waals surface area contributed by atoms with E-state index < -0.39 is 22.9 Å². The number of aromatic nitrogens is 1. The highest BCUT2D eigenvalue weighted by molar-refractivity contribution is 8.01. The van der Waals surface area contributed by atoms with Crippen LogP contribution in [-0.2, 0) is 20.9 Å². The van der Waals surface area contributed by atoms with Crippen molar-refractivity contribution in [2.45, 2.75) is 30.0 Å². The van der Waals surface area contributed by atoms with Gasteiger partial charge in [0.05, 0.1) is 35.2 Å². The van der Waals surface area contributed by atoms with Gasteiger partial charge in [0, 0.05) is 11.0 Å². The van der Waals surface area contributed by atoms with Crippen LogP contribution in [0.4, 0.5) is 14.5 Å². The van der Waals surface area contributed by atoms with Crippen LogP contribution in [0.15, 0.2) is 41.3 Å². The first kappa shape index (κ1) is 19.8. The van der Waals surface area contributed by atoms with Crippen LogP contribution in [0.25, 0.3) is 10.2 Å². The number of anilines is 1. The number of esters is 1. The number of halogens is 2. The number of fused-ring (bicyclic) bond motifs is 2. The van der Waals surface area contributed by atoms with E-state index in [2.05, 4.69) is 4.98 Å². The van der Waals surface area contributed by atoms with E-state index in [0.717, 1.165) is 22.3 Å². The molecule has 1 atom stereocenters. The number of amides is 1. The zero-order valence-electron chi connectivity index (χ0n) is 15.4. The number of benzene rings is 2. The van der Waals surface area contributed by atoms with Gasteiger partial charge < -0.3 is 9.64 Å². The fraction of sp³-hybridized carbons (Fsp3) is 0.250. The molecule has 0 bridgehead atoms. The second-order valence-corrected chi connectivity index (χ2v) is 8.71. The molecule has 1 aliphatic rings. The number of carbonyl (C=O) groups excluding carboxylic acids is 2. The third kappa shape index (κ3) is 3.97. The van der Waals surface area contributed by atoms with Crippen LogP contribution in [0.2, 0.25) is 0 Å². The summed E-state index contributed by atoms with van der Waals surface area (Å²) in [5, 5.41) is -0.137. The molecule has 0 aliphatic carbocycles. The molecular formula is C20H16F2N2O3S2. The average molecular weight is 434 g/mol. The lowest BCUT2D eigenvalue weighted by atomic mass is 10.2. The van der Waals surface area contributed by atoms with Crippen molar-refractivity contribution in [1.29, 1.82) is 0 Å². The second-order valence-electron chi connectivity index (χ2n) is 6.35. The average Bonchev–Trinajstić information content (AvgIpc) is 3.08. The van der Waals surface area contributed by atoms with E-state index in [1.54, 1.807) is 11.8 Å². The molecule has 1 aromatic heterocycles. The van der Waals surface area contributed by atoms with Gasteiger partial charge >= 0.3 is 5.97 Å². The summed E-state index contributed by atoms with van der Waals surface area (Å²) in [6.45, 7) is 2.07. The third-order valence-electron chi connectivity index (χ3n) is 4.37. The van der Waals surface area contributed by atoms with Crippen LogP contribution in [0.3, 0.4) is 0 Å². The molecule has 2 heterocycles. The minimum atomic E-state index is -0.733. The van der Waals surface area contributed by atoms with E-state index in [-0.39, 0.29) is 31.0 Å². The van der Waals surface area contributed by atoms with Crippen LogP contribution >= 0.6 is 23.1 Å². The number of nitrogens with zero attached hydrogens (tertiary/aromatic N) is 2. The number of hydrogen-bond acceptors (Lipinski definition) is 6. The van der Waals surface area contributed by atoms with Gasteiger partial charge in [0.25, 0.3) is 0 Å². The van der Waals surface area contributed by atoms with E-state index in [1.165, 1.54) is 17.8 Å². The molecule has 0 saturated carbocycles. The Balaban J connectivity index is 1.66. The Labute approximate surface area is 173 Å². The first-order valence-electron chi connectivity index (χ1n) is 8.93. The van der Waals surface area contributed by atoms with Gasteiger partial charge in [-0.3, -0.25) is 9.59 Å². The van der Waals surface area contributed by atoms with Crippen molar-refractivity contribution in [1.82, 2.24) is 4.98 Å². The minimum absolute atomic E-state index is 0.0398.